The zero-order valence-corrected chi connectivity index (χ0v) is 23.4. The number of aromatic nitrogens is 4. The number of likely N-dealkylation sites (N-methyl/N-ethyl adjacent to an activating group) is 1. The van der Waals surface area contributed by atoms with Gasteiger partial charge in [-0.05, 0) is 50.9 Å². The topological polar surface area (TPSA) is 95.7 Å². The van der Waals surface area contributed by atoms with Gasteiger partial charge >= 0.3 is 0 Å². The lowest BCUT2D eigenvalue weighted by atomic mass is 10.1. The molecule has 2 N–H and O–H groups in total. The summed E-state index contributed by atoms with van der Waals surface area (Å²) in [5.41, 5.74) is 5.01. The standard InChI is InChI=1S/C29H41N9O/c1-23(6-5-12-30-2)28-26(22-38(35-28)15-14-31-3)27-11-13-32-29(34-27)33-24-7-9-25(10-8-24)37-18-16-36(17-19-37)20-21-39-4/h5-7,9-13,22,24,31H,2,8,14-21H2,1,3-4H3,(H,32,33,34)/b12-5-,23-6+. The summed E-state index contributed by atoms with van der Waals surface area (Å²) in [5.74, 6) is 0.608. The van der Waals surface area contributed by atoms with E-state index < -0.39 is 0 Å². The van der Waals surface area contributed by atoms with Gasteiger partial charge in [0, 0.05) is 76.2 Å². The molecule has 0 amide bonds. The summed E-state index contributed by atoms with van der Waals surface area (Å²) in [6.07, 6.45) is 17.0. The predicted molar refractivity (Wildman–Crippen MR) is 159 cm³/mol. The van der Waals surface area contributed by atoms with Crippen LogP contribution >= 0.6 is 0 Å². The second-order valence-corrected chi connectivity index (χ2v) is 9.69. The summed E-state index contributed by atoms with van der Waals surface area (Å²) in [7, 11) is 3.70. The van der Waals surface area contributed by atoms with Gasteiger partial charge in [0.1, 0.15) is 0 Å². The fraction of sp³-hybridized carbons (Fsp3) is 0.448. The number of hydrogen-bond acceptors (Lipinski definition) is 9. The highest BCUT2D eigenvalue weighted by Crippen LogP contribution is 2.28. The average Bonchev–Trinajstić information content (AvgIpc) is 3.40. The van der Waals surface area contributed by atoms with Crippen molar-refractivity contribution in [3.63, 3.8) is 0 Å². The summed E-state index contributed by atoms with van der Waals surface area (Å²) in [4.78, 5) is 18.1. The summed E-state index contributed by atoms with van der Waals surface area (Å²) in [6.45, 7) is 13.1. The number of hydrogen-bond donors (Lipinski definition) is 2. The Kier molecular flexibility index (Phi) is 10.6. The van der Waals surface area contributed by atoms with Crippen LogP contribution in [0.5, 0.6) is 0 Å². The first-order chi connectivity index (χ1) is 19.1. The van der Waals surface area contributed by atoms with Gasteiger partial charge in [0.2, 0.25) is 5.95 Å². The van der Waals surface area contributed by atoms with Gasteiger partial charge in [0.05, 0.1) is 30.6 Å². The Morgan fingerprint density at radius 3 is 2.82 bits per heavy atom. The minimum absolute atomic E-state index is 0.142. The molecule has 10 heteroatoms. The molecule has 1 saturated heterocycles. The van der Waals surface area contributed by atoms with E-state index in [1.54, 1.807) is 19.5 Å². The van der Waals surface area contributed by atoms with Gasteiger partial charge in [-0.25, -0.2) is 9.97 Å². The van der Waals surface area contributed by atoms with Crippen molar-refractivity contribution in [2.75, 3.05) is 65.3 Å². The molecule has 0 radical (unpaired) electrons. The van der Waals surface area contributed by atoms with Gasteiger partial charge in [-0.1, -0.05) is 18.2 Å². The molecular weight excluding hydrogens is 490 g/mol. The minimum atomic E-state index is 0.142. The quantitative estimate of drug-likeness (QED) is 0.301. The highest BCUT2D eigenvalue weighted by atomic mass is 16.5. The van der Waals surface area contributed by atoms with Gasteiger partial charge < -0.3 is 20.3 Å². The Labute approximate surface area is 231 Å². The van der Waals surface area contributed by atoms with Crippen LogP contribution in [0.2, 0.25) is 0 Å². The molecule has 0 aromatic carbocycles. The van der Waals surface area contributed by atoms with E-state index in [4.69, 9.17) is 14.8 Å². The van der Waals surface area contributed by atoms with Crippen LogP contribution in [-0.2, 0) is 11.3 Å². The van der Waals surface area contributed by atoms with E-state index >= 15 is 0 Å². The molecular formula is C29H41N9O. The molecule has 0 saturated carbocycles. The summed E-state index contributed by atoms with van der Waals surface area (Å²) in [6, 6.07) is 2.08. The molecule has 1 unspecified atom stereocenters. The van der Waals surface area contributed by atoms with E-state index in [1.165, 1.54) is 5.70 Å². The molecule has 2 aromatic heterocycles. The summed E-state index contributed by atoms with van der Waals surface area (Å²) in [5, 5.41) is 11.5. The van der Waals surface area contributed by atoms with Crippen LogP contribution in [0, 0.1) is 0 Å². The van der Waals surface area contributed by atoms with Crippen LogP contribution in [0.25, 0.3) is 16.8 Å². The van der Waals surface area contributed by atoms with Crippen molar-refractivity contribution in [2.45, 2.75) is 25.9 Å². The largest absolute Gasteiger partial charge is 0.383 e. The number of nitrogens with one attached hydrogen (secondary N) is 2. The highest BCUT2D eigenvalue weighted by Gasteiger charge is 2.20. The lowest BCUT2D eigenvalue weighted by Crippen LogP contribution is -2.46. The van der Waals surface area contributed by atoms with Gasteiger partial charge in [-0.15, -0.1) is 0 Å². The molecule has 1 atom stereocenters. The molecule has 1 aliphatic heterocycles. The van der Waals surface area contributed by atoms with Crippen LogP contribution < -0.4 is 10.6 Å². The zero-order chi connectivity index (χ0) is 27.5. The Balaban J connectivity index is 1.42. The van der Waals surface area contributed by atoms with Crippen molar-refractivity contribution in [2.24, 2.45) is 4.99 Å². The van der Waals surface area contributed by atoms with Crippen molar-refractivity contribution < 1.29 is 4.74 Å². The first-order valence-corrected chi connectivity index (χ1v) is 13.6. The van der Waals surface area contributed by atoms with Crippen LogP contribution in [0.15, 0.2) is 65.7 Å². The molecule has 1 aliphatic carbocycles. The van der Waals surface area contributed by atoms with Crippen LogP contribution in [0.4, 0.5) is 5.95 Å². The number of methoxy groups -OCH3 is 1. The van der Waals surface area contributed by atoms with Gasteiger partial charge in [-0.2, -0.15) is 5.10 Å². The first-order valence-electron chi connectivity index (χ1n) is 13.6. The smallest absolute Gasteiger partial charge is 0.223 e. The van der Waals surface area contributed by atoms with E-state index in [0.29, 0.717) is 5.95 Å². The number of aliphatic imine (C=N–C) groups is 1. The lowest BCUT2D eigenvalue weighted by molar-refractivity contribution is 0.111. The third kappa shape index (κ3) is 7.95. The first kappa shape index (κ1) is 28.4. The number of rotatable bonds is 13. The van der Waals surface area contributed by atoms with Gasteiger partial charge in [-0.3, -0.25) is 14.6 Å². The van der Waals surface area contributed by atoms with E-state index in [1.807, 2.05) is 36.9 Å². The van der Waals surface area contributed by atoms with Crippen molar-refractivity contribution >= 4 is 18.2 Å². The molecule has 0 bridgehead atoms. The SMILES string of the molecule is C=N/C=C\C=C(/C)c1nn(CCNC)cc1-c1ccnc(NC2C=CC(N3CCN(CCOC)CC3)=CC2)n1. The van der Waals surface area contributed by atoms with Crippen molar-refractivity contribution in [1.82, 2.24) is 34.9 Å². The molecule has 4 rings (SSSR count). The fourth-order valence-electron chi connectivity index (χ4n) is 4.71. The predicted octanol–water partition coefficient (Wildman–Crippen LogP) is 3.07. The maximum absolute atomic E-state index is 5.22. The monoisotopic (exact) mass is 531 g/mol. The molecule has 3 heterocycles. The number of anilines is 1. The van der Waals surface area contributed by atoms with Crippen LogP contribution in [0.3, 0.4) is 0 Å². The van der Waals surface area contributed by atoms with Crippen molar-refractivity contribution in [3.05, 3.63) is 66.4 Å². The molecule has 2 aliphatic rings. The average molecular weight is 532 g/mol. The Morgan fingerprint density at radius 2 is 2.10 bits per heavy atom. The number of piperazine rings is 1. The molecule has 0 spiro atoms. The minimum Gasteiger partial charge on any atom is -0.383 e. The van der Waals surface area contributed by atoms with E-state index in [2.05, 4.69) is 61.6 Å². The number of allylic oxidation sites excluding steroid dienone is 4. The Hall–Kier alpha value is -3.60. The van der Waals surface area contributed by atoms with Crippen molar-refractivity contribution in [1.29, 1.82) is 0 Å². The number of nitrogens with zero attached hydrogens (tertiary/aromatic N) is 7. The highest BCUT2D eigenvalue weighted by molar-refractivity contribution is 5.77. The Morgan fingerprint density at radius 1 is 1.26 bits per heavy atom. The normalized spacial score (nSPS) is 18.5. The third-order valence-corrected chi connectivity index (χ3v) is 6.94. The van der Waals surface area contributed by atoms with E-state index in [0.717, 1.165) is 81.4 Å². The number of ether oxygens (including phenoxy) is 1. The molecule has 208 valence electrons. The second-order valence-electron chi connectivity index (χ2n) is 9.69. The third-order valence-electron chi connectivity index (χ3n) is 6.94. The molecule has 10 nitrogen and oxygen atoms in total. The fourth-order valence-corrected chi connectivity index (χ4v) is 4.71. The van der Waals surface area contributed by atoms with Gasteiger partial charge in [0.15, 0.2) is 0 Å². The Bertz CT molecular complexity index is 1210. The maximum atomic E-state index is 5.22. The summed E-state index contributed by atoms with van der Waals surface area (Å²) >= 11 is 0. The zero-order valence-electron chi connectivity index (χ0n) is 23.4. The summed E-state index contributed by atoms with van der Waals surface area (Å²) < 4.78 is 7.17. The molecule has 2 aromatic rings. The molecule has 1 fully saturated rings. The van der Waals surface area contributed by atoms with Crippen LogP contribution in [0.1, 0.15) is 19.0 Å². The maximum Gasteiger partial charge on any atom is 0.223 e. The van der Waals surface area contributed by atoms with Gasteiger partial charge in [0.25, 0.3) is 0 Å². The molecule has 39 heavy (non-hydrogen) atoms. The lowest BCUT2D eigenvalue weighted by Gasteiger charge is -2.37. The van der Waals surface area contributed by atoms with E-state index in [-0.39, 0.29) is 6.04 Å². The van der Waals surface area contributed by atoms with Crippen molar-refractivity contribution in [3.8, 4) is 11.3 Å². The second kappa shape index (κ2) is 14.5. The van der Waals surface area contributed by atoms with E-state index in [9.17, 15) is 0 Å². The van der Waals surface area contributed by atoms with Crippen LogP contribution in [-0.4, -0.2) is 102 Å².